The molecule has 1 saturated carbocycles. The van der Waals surface area contributed by atoms with Crippen molar-refractivity contribution in [2.75, 3.05) is 0 Å². The van der Waals surface area contributed by atoms with Crippen molar-refractivity contribution in [3.8, 4) is 0 Å². The van der Waals surface area contributed by atoms with Crippen molar-refractivity contribution in [3.05, 3.63) is 83.1 Å². The third-order valence-electron chi connectivity index (χ3n) is 5.48. The molecule has 2 nitrogen and oxygen atoms in total. The first-order valence-electron chi connectivity index (χ1n) is 11.1. The summed E-state index contributed by atoms with van der Waals surface area (Å²) in [6, 6.07) is 16.2. The zero-order valence-corrected chi connectivity index (χ0v) is 19.7. The summed E-state index contributed by atoms with van der Waals surface area (Å²) in [6.45, 7) is 15.9. The van der Waals surface area contributed by atoms with Crippen LogP contribution in [0.2, 0.25) is 0 Å². The summed E-state index contributed by atoms with van der Waals surface area (Å²) in [7, 11) is 0. The van der Waals surface area contributed by atoms with Crippen LogP contribution in [-0.2, 0) is 0 Å². The average molecular weight is 406 g/mol. The maximum absolute atomic E-state index is 11.1. The van der Waals surface area contributed by atoms with Gasteiger partial charge in [-0.1, -0.05) is 89.1 Å². The number of rotatable bonds is 5. The molecule has 30 heavy (non-hydrogen) atoms. The van der Waals surface area contributed by atoms with Crippen molar-refractivity contribution >= 4 is 12.0 Å². The van der Waals surface area contributed by atoms with Crippen LogP contribution in [0.3, 0.4) is 0 Å². The maximum atomic E-state index is 11.1. The molecule has 0 bridgehead atoms. The largest absolute Gasteiger partial charge is 0.295 e. The van der Waals surface area contributed by atoms with Gasteiger partial charge in [0.15, 0.2) is 5.78 Å². The summed E-state index contributed by atoms with van der Waals surface area (Å²) in [4.78, 5) is 15.3. The molecule has 0 spiro atoms. The van der Waals surface area contributed by atoms with E-state index in [1.54, 1.807) is 13.1 Å². The molecule has 0 radical (unpaired) electrons. The molecule has 0 saturated heterocycles. The Labute approximate surface area is 184 Å². The number of carbonyl (C=O) groups excluding carboxylic acids is 1. The Morgan fingerprint density at radius 1 is 1.17 bits per heavy atom. The second kappa shape index (κ2) is 13.7. The lowest BCUT2D eigenvalue weighted by Gasteiger charge is -2.18. The summed E-state index contributed by atoms with van der Waals surface area (Å²) in [5.74, 6) is 1.86. The molecule has 1 atom stereocenters. The van der Waals surface area contributed by atoms with E-state index in [0.717, 1.165) is 28.3 Å². The molecular weight excluding hydrogens is 366 g/mol. The second-order valence-electron chi connectivity index (χ2n) is 8.38. The summed E-state index contributed by atoms with van der Waals surface area (Å²) < 4.78 is 0. The van der Waals surface area contributed by atoms with Crippen LogP contribution in [0.4, 0.5) is 0 Å². The van der Waals surface area contributed by atoms with Gasteiger partial charge in [0.1, 0.15) is 0 Å². The van der Waals surface area contributed by atoms with Gasteiger partial charge in [-0.25, -0.2) is 0 Å². The highest BCUT2D eigenvalue weighted by atomic mass is 16.1. The Kier molecular flexibility index (Phi) is 11.7. The van der Waals surface area contributed by atoms with Crippen LogP contribution in [0.5, 0.6) is 0 Å². The lowest BCUT2D eigenvalue weighted by molar-refractivity contribution is 0.101. The van der Waals surface area contributed by atoms with E-state index >= 15 is 0 Å². The van der Waals surface area contributed by atoms with Gasteiger partial charge in [0.25, 0.3) is 0 Å². The number of carbonyl (C=O) groups is 1. The molecule has 2 heteroatoms. The van der Waals surface area contributed by atoms with E-state index in [0.29, 0.717) is 5.92 Å². The number of ketones is 1. The first kappa shape index (κ1) is 25.6. The van der Waals surface area contributed by atoms with Gasteiger partial charge in [0, 0.05) is 17.5 Å². The molecule has 0 N–H and O–H groups in total. The van der Waals surface area contributed by atoms with Gasteiger partial charge in [0.2, 0.25) is 0 Å². The van der Waals surface area contributed by atoms with Crippen LogP contribution in [0.25, 0.3) is 0 Å². The molecule has 0 unspecified atom stereocenters. The molecule has 1 aliphatic carbocycles. The van der Waals surface area contributed by atoms with Crippen LogP contribution in [-0.4, -0.2) is 12.0 Å². The van der Waals surface area contributed by atoms with Crippen molar-refractivity contribution < 1.29 is 4.79 Å². The zero-order chi connectivity index (χ0) is 22.5. The molecule has 1 fully saturated rings. The number of allylic oxidation sites excluding steroid dienone is 1. The molecule has 0 heterocycles. The topological polar surface area (TPSA) is 29.4 Å². The van der Waals surface area contributed by atoms with Crippen molar-refractivity contribution in [2.24, 2.45) is 10.9 Å². The van der Waals surface area contributed by atoms with Gasteiger partial charge in [-0.2, -0.15) is 0 Å². The fraction of sp³-hybridized carbons (Fsp3) is 0.429. The molecule has 162 valence electrons. The van der Waals surface area contributed by atoms with Gasteiger partial charge in [0.05, 0.1) is 0 Å². The average Bonchev–Trinajstić information content (AvgIpc) is 2.72. The number of hydrogen-bond donors (Lipinski definition) is 0. The summed E-state index contributed by atoms with van der Waals surface area (Å²) in [5, 5.41) is 0. The first-order chi connectivity index (χ1) is 14.2. The lowest BCUT2D eigenvalue weighted by Crippen LogP contribution is -2.04. The lowest BCUT2D eigenvalue weighted by atomic mass is 9.88. The third kappa shape index (κ3) is 9.82. The standard InChI is InChI=1S/C13H15NO.C10H14.C5H10/c1-9(2)14-8-13-6-5-12(11(4)15)7-10(13)3;1-3-9(2)10-7-5-4-6-8-10;1-5-3-2-4-5/h5-8H,1H2,2-4H3;4-9H,3H2,1-2H3;5H,2-4H2,1H3/t;9-;/m.1./s1. The van der Waals surface area contributed by atoms with E-state index in [9.17, 15) is 4.79 Å². The minimum Gasteiger partial charge on any atom is -0.295 e. The van der Waals surface area contributed by atoms with Crippen LogP contribution >= 0.6 is 0 Å². The highest BCUT2D eigenvalue weighted by molar-refractivity contribution is 5.95. The van der Waals surface area contributed by atoms with E-state index in [4.69, 9.17) is 0 Å². The normalized spacial score (nSPS) is 13.9. The van der Waals surface area contributed by atoms with Crippen LogP contribution in [0.1, 0.15) is 93.3 Å². The van der Waals surface area contributed by atoms with Crippen LogP contribution in [0, 0.1) is 12.8 Å². The number of Topliss-reactive ketones (excluding diaryl/α,β-unsaturated/α-hetero) is 1. The second-order valence-corrected chi connectivity index (χ2v) is 8.38. The maximum Gasteiger partial charge on any atom is 0.159 e. The molecule has 0 amide bonds. The summed E-state index contributed by atoms with van der Waals surface area (Å²) >= 11 is 0. The molecular formula is C28H39NO. The van der Waals surface area contributed by atoms with E-state index in [2.05, 4.69) is 62.7 Å². The van der Waals surface area contributed by atoms with E-state index in [1.165, 1.54) is 31.2 Å². The van der Waals surface area contributed by atoms with Gasteiger partial charge in [-0.15, -0.1) is 0 Å². The summed E-state index contributed by atoms with van der Waals surface area (Å²) in [5.41, 5.74) is 5.02. The fourth-order valence-corrected chi connectivity index (χ4v) is 2.85. The van der Waals surface area contributed by atoms with Crippen molar-refractivity contribution in [3.63, 3.8) is 0 Å². The van der Waals surface area contributed by atoms with E-state index in [-0.39, 0.29) is 5.78 Å². The van der Waals surface area contributed by atoms with Crippen LogP contribution in [0.15, 0.2) is 65.8 Å². The van der Waals surface area contributed by atoms with Crippen LogP contribution < -0.4 is 0 Å². The Bertz CT molecular complexity index is 816. The van der Waals surface area contributed by atoms with Crippen molar-refractivity contribution in [1.29, 1.82) is 0 Å². The van der Waals surface area contributed by atoms with Gasteiger partial charge >= 0.3 is 0 Å². The minimum absolute atomic E-state index is 0.0847. The molecule has 0 aliphatic heterocycles. The Morgan fingerprint density at radius 3 is 2.17 bits per heavy atom. The number of aryl methyl sites for hydroxylation is 1. The fourth-order valence-electron chi connectivity index (χ4n) is 2.85. The van der Waals surface area contributed by atoms with Gasteiger partial charge in [-0.05, 0) is 61.8 Å². The van der Waals surface area contributed by atoms with Crippen molar-refractivity contribution in [2.45, 2.75) is 73.1 Å². The number of aliphatic imine (C=N–C) groups is 1. The first-order valence-corrected chi connectivity index (χ1v) is 11.1. The highest BCUT2D eigenvalue weighted by Gasteiger charge is 2.09. The molecule has 3 rings (SSSR count). The van der Waals surface area contributed by atoms with E-state index < -0.39 is 0 Å². The zero-order valence-electron chi connectivity index (χ0n) is 19.7. The predicted molar refractivity (Wildman–Crippen MR) is 132 cm³/mol. The van der Waals surface area contributed by atoms with Gasteiger partial charge < -0.3 is 0 Å². The van der Waals surface area contributed by atoms with Gasteiger partial charge in [-0.3, -0.25) is 9.79 Å². The predicted octanol–water partition coefficient (Wildman–Crippen LogP) is 8.16. The molecule has 2 aromatic carbocycles. The minimum atomic E-state index is 0.0847. The number of nitrogens with zero attached hydrogens (tertiary/aromatic N) is 1. The quantitative estimate of drug-likeness (QED) is 0.364. The Morgan fingerprint density at radius 2 is 1.77 bits per heavy atom. The molecule has 1 aliphatic rings. The highest BCUT2D eigenvalue weighted by Crippen LogP contribution is 2.24. The smallest absolute Gasteiger partial charge is 0.159 e. The molecule has 2 aromatic rings. The Balaban J connectivity index is 0.000000255. The van der Waals surface area contributed by atoms with Crippen molar-refractivity contribution in [1.82, 2.24) is 0 Å². The molecule has 0 aromatic heterocycles. The SMILES string of the molecule is C=C(C)N=Cc1ccc(C(C)=O)cc1C.CC1CCC1.CC[C@@H](C)c1ccccc1. The number of hydrogen-bond acceptors (Lipinski definition) is 2. The third-order valence-corrected chi connectivity index (χ3v) is 5.48. The Hall–Kier alpha value is -2.48. The van der Waals surface area contributed by atoms with E-state index in [1.807, 2.05) is 32.0 Å². The number of benzene rings is 2. The monoisotopic (exact) mass is 405 g/mol. The summed E-state index contributed by atoms with van der Waals surface area (Å²) in [6.07, 6.45) is 7.45.